The number of nitrogens with zero attached hydrogens (tertiary/aromatic N) is 5. The molecule has 2 rings (SSSR count). The van der Waals surface area contributed by atoms with Crippen LogP contribution in [0.4, 0.5) is 5.82 Å². The molecule has 0 spiro atoms. The Hall–Kier alpha value is -2.71. The maximum Gasteiger partial charge on any atom is 0.408 e. The summed E-state index contributed by atoms with van der Waals surface area (Å²) in [5.41, 5.74) is 0.220. The van der Waals surface area contributed by atoms with Crippen LogP contribution in [0.1, 0.15) is 17.3 Å². The fourth-order valence-corrected chi connectivity index (χ4v) is 1.56. The van der Waals surface area contributed by atoms with E-state index in [2.05, 4.69) is 10.1 Å². The highest BCUT2D eigenvalue weighted by atomic mass is 16.6. The summed E-state index contributed by atoms with van der Waals surface area (Å²) in [6, 6.07) is 0. The zero-order chi connectivity index (χ0) is 14.0. The van der Waals surface area contributed by atoms with Gasteiger partial charge in [0, 0.05) is 13.2 Å². The molecular formula is C10H11N5O4. The highest BCUT2D eigenvalue weighted by molar-refractivity contribution is 5.88. The van der Waals surface area contributed by atoms with Crippen LogP contribution in [-0.4, -0.2) is 36.8 Å². The number of carbonyl (C=O) groups is 1. The third-order valence-electron chi connectivity index (χ3n) is 2.37. The maximum atomic E-state index is 11.5. The average molecular weight is 265 g/mol. The van der Waals surface area contributed by atoms with Gasteiger partial charge in [0.2, 0.25) is 12.1 Å². The second kappa shape index (κ2) is 4.88. The standard InChI is InChI=1S/C10H11N5O4/c1-3-19-10(16)7-4-12-14(5-7)9-8(15(17)18)11-6-13(9)2/h4-6H,3H2,1-2H3. The number of ether oxygens (including phenoxy) is 1. The number of nitro groups is 1. The number of imidazole rings is 1. The second-order valence-corrected chi connectivity index (χ2v) is 3.65. The van der Waals surface area contributed by atoms with Crippen LogP contribution >= 0.6 is 0 Å². The lowest BCUT2D eigenvalue weighted by atomic mass is 10.4. The number of aryl methyl sites for hydroxylation is 1. The molecule has 0 radical (unpaired) electrons. The fraction of sp³-hybridized carbons (Fsp3) is 0.300. The van der Waals surface area contributed by atoms with Crippen molar-refractivity contribution >= 4 is 11.8 Å². The molecule has 0 atom stereocenters. The van der Waals surface area contributed by atoms with Crippen molar-refractivity contribution in [2.75, 3.05) is 6.61 Å². The highest BCUT2D eigenvalue weighted by Crippen LogP contribution is 2.19. The van der Waals surface area contributed by atoms with E-state index in [1.807, 2.05) is 0 Å². The van der Waals surface area contributed by atoms with Gasteiger partial charge < -0.3 is 14.9 Å². The van der Waals surface area contributed by atoms with Crippen LogP contribution in [-0.2, 0) is 11.8 Å². The zero-order valence-electron chi connectivity index (χ0n) is 10.3. The predicted molar refractivity (Wildman–Crippen MR) is 62.9 cm³/mol. The minimum atomic E-state index is -0.610. The molecule has 0 fully saturated rings. The molecule has 9 nitrogen and oxygen atoms in total. The summed E-state index contributed by atoms with van der Waals surface area (Å²) in [5, 5.41) is 14.8. The van der Waals surface area contributed by atoms with E-state index >= 15 is 0 Å². The van der Waals surface area contributed by atoms with Crippen LogP contribution in [0.2, 0.25) is 0 Å². The van der Waals surface area contributed by atoms with Gasteiger partial charge in [0.05, 0.1) is 18.4 Å². The van der Waals surface area contributed by atoms with Crippen molar-refractivity contribution in [2.24, 2.45) is 7.05 Å². The molecule has 0 saturated carbocycles. The van der Waals surface area contributed by atoms with E-state index in [9.17, 15) is 14.9 Å². The molecule has 0 aliphatic rings. The molecule has 2 aromatic rings. The topological polar surface area (TPSA) is 105 Å². The van der Waals surface area contributed by atoms with Gasteiger partial charge in [-0.3, -0.25) is 4.57 Å². The van der Waals surface area contributed by atoms with Crippen molar-refractivity contribution in [1.29, 1.82) is 0 Å². The molecule has 9 heteroatoms. The van der Waals surface area contributed by atoms with Gasteiger partial charge in [-0.15, -0.1) is 0 Å². The minimum Gasteiger partial charge on any atom is -0.462 e. The van der Waals surface area contributed by atoms with Gasteiger partial charge in [0.15, 0.2) is 0 Å². The van der Waals surface area contributed by atoms with Crippen LogP contribution in [0.25, 0.3) is 5.82 Å². The Balaban J connectivity index is 2.41. The van der Waals surface area contributed by atoms with Crippen molar-refractivity contribution in [3.05, 3.63) is 34.4 Å². The predicted octanol–water partition coefficient (Wildman–Crippen LogP) is 0.691. The van der Waals surface area contributed by atoms with Crippen molar-refractivity contribution in [2.45, 2.75) is 6.92 Å². The normalized spacial score (nSPS) is 10.4. The van der Waals surface area contributed by atoms with E-state index in [1.165, 1.54) is 28.0 Å². The van der Waals surface area contributed by atoms with E-state index in [0.29, 0.717) is 0 Å². The van der Waals surface area contributed by atoms with Gasteiger partial charge in [-0.1, -0.05) is 0 Å². The molecule has 19 heavy (non-hydrogen) atoms. The summed E-state index contributed by atoms with van der Waals surface area (Å²) in [6.07, 6.45) is 3.95. The number of hydrogen-bond acceptors (Lipinski definition) is 6. The first-order valence-electron chi connectivity index (χ1n) is 5.42. The maximum absolute atomic E-state index is 11.5. The van der Waals surface area contributed by atoms with E-state index < -0.39 is 10.9 Å². The number of carbonyl (C=O) groups excluding carboxylic acids is 1. The first-order valence-corrected chi connectivity index (χ1v) is 5.42. The quantitative estimate of drug-likeness (QED) is 0.457. The lowest BCUT2D eigenvalue weighted by Crippen LogP contribution is -2.06. The van der Waals surface area contributed by atoms with Crippen molar-refractivity contribution in [3.8, 4) is 5.82 Å². The third kappa shape index (κ3) is 2.30. The van der Waals surface area contributed by atoms with Gasteiger partial charge in [-0.2, -0.15) is 5.10 Å². The molecule has 2 aromatic heterocycles. The molecule has 0 aliphatic heterocycles. The first-order chi connectivity index (χ1) is 9.04. The van der Waals surface area contributed by atoms with Crippen LogP contribution < -0.4 is 0 Å². The van der Waals surface area contributed by atoms with Crippen molar-refractivity contribution in [3.63, 3.8) is 0 Å². The largest absolute Gasteiger partial charge is 0.462 e. The Morgan fingerprint density at radius 1 is 1.58 bits per heavy atom. The van der Waals surface area contributed by atoms with Crippen LogP contribution in [0.3, 0.4) is 0 Å². The van der Waals surface area contributed by atoms with E-state index in [-0.39, 0.29) is 23.8 Å². The molecule has 100 valence electrons. The Labute approximate surface area is 107 Å². The molecule has 0 N–H and O–H groups in total. The van der Waals surface area contributed by atoms with Crippen LogP contribution in [0.15, 0.2) is 18.7 Å². The van der Waals surface area contributed by atoms with Gasteiger partial charge >= 0.3 is 11.8 Å². The molecular weight excluding hydrogens is 254 g/mol. The summed E-state index contributed by atoms with van der Waals surface area (Å²) >= 11 is 0. The SMILES string of the molecule is CCOC(=O)c1cnn(-c2c([N+](=O)[O-])ncn2C)c1. The van der Waals surface area contributed by atoms with Crippen LogP contribution in [0, 0.1) is 10.1 Å². The monoisotopic (exact) mass is 265 g/mol. The third-order valence-corrected chi connectivity index (χ3v) is 2.37. The summed E-state index contributed by atoms with van der Waals surface area (Å²) in [5.74, 6) is -0.694. The van der Waals surface area contributed by atoms with Gasteiger partial charge in [-0.05, 0) is 16.8 Å². The molecule has 0 amide bonds. The summed E-state index contributed by atoms with van der Waals surface area (Å²) in [6.45, 7) is 1.93. The number of hydrogen-bond donors (Lipinski definition) is 0. The van der Waals surface area contributed by atoms with Gasteiger partial charge in [-0.25, -0.2) is 9.48 Å². The van der Waals surface area contributed by atoms with E-state index in [4.69, 9.17) is 4.74 Å². The Morgan fingerprint density at radius 2 is 2.32 bits per heavy atom. The van der Waals surface area contributed by atoms with E-state index in [1.54, 1.807) is 14.0 Å². The lowest BCUT2D eigenvalue weighted by molar-refractivity contribution is -0.389. The van der Waals surface area contributed by atoms with Gasteiger partial charge in [0.1, 0.15) is 0 Å². The fourth-order valence-electron chi connectivity index (χ4n) is 1.56. The first kappa shape index (κ1) is 12.7. The molecule has 0 saturated heterocycles. The molecule has 2 heterocycles. The lowest BCUT2D eigenvalue weighted by Gasteiger charge is -2.01. The van der Waals surface area contributed by atoms with Crippen molar-refractivity contribution < 1.29 is 14.5 Å². The number of aromatic nitrogens is 4. The molecule has 0 aromatic carbocycles. The zero-order valence-corrected chi connectivity index (χ0v) is 10.3. The van der Waals surface area contributed by atoms with Gasteiger partial charge in [0.25, 0.3) is 0 Å². The number of esters is 1. The molecule has 0 unspecified atom stereocenters. The molecule has 0 bridgehead atoms. The Bertz CT molecular complexity index is 630. The van der Waals surface area contributed by atoms with Crippen molar-refractivity contribution in [1.82, 2.24) is 19.3 Å². The Morgan fingerprint density at radius 3 is 2.95 bits per heavy atom. The summed E-state index contributed by atoms with van der Waals surface area (Å²) < 4.78 is 7.48. The molecule has 0 aliphatic carbocycles. The highest BCUT2D eigenvalue weighted by Gasteiger charge is 2.23. The summed E-state index contributed by atoms with van der Waals surface area (Å²) in [4.78, 5) is 25.4. The number of rotatable bonds is 4. The smallest absolute Gasteiger partial charge is 0.408 e. The average Bonchev–Trinajstić information content (AvgIpc) is 2.95. The van der Waals surface area contributed by atoms with Crippen LogP contribution in [0.5, 0.6) is 0 Å². The minimum absolute atomic E-state index is 0.167. The Kier molecular flexibility index (Phi) is 3.27. The summed E-state index contributed by atoms with van der Waals surface area (Å²) in [7, 11) is 1.60. The second-order valence-electron chi connectivity index (χ2n) is 3.65. The van der Waals surface area contributed by atoms with E-state index in [0.717, 1.165) is 0 Å².